The van der Waals surface area contributed by atoms with Crippen LogP contribution in [-0.4, -0.2) is 49.3 Å². The van der Waals surface area contributed by atoms with Crippen molar-refractivity contribution in [3.63, 3.8) is 0 Å². The van der Waals surface area contributed by atoms with E-state index in [1.54, 1.807) is 7.05 Å². The molecule has 1 heterocycles. The zero-order valence-corrected chi connectivity index (χ0v) is 19.6. The van der Waals surface area contributed by atoms with Gasteiger partial charge in [0.25, 0.3) is 11.6 Å². The van der Waals surface area contributed by atoms with Crippen LogP contribution in [0.5, 0.6) is 0 Å². The fourth-order valence-electron chi connectivity index (χ4n) is 4.25. The molecule has 1 N–H and O–H groups in total. The number of tetrazole rings is 1. The van der Waals surface area contributed by atoms with Crippen LogP contribution < -0.4 is 4.90 Å². The number of hydrogen-bond donors (Lipinski definition) is 1. The molecule has 2 aromatic carbocycles. The molecular formula is C23H26N6O4S. The Bertz CT molecular complexity index is 1160. The smallest absolute Gasteiger partial charge is 0.270 e. The minimum Gasteiger partial charge on any atom is -0.395 e. The third kappa shape index (κ3) is 5.26. The summed E-state index contributed by atoms with van der Waals surface area (Å²) in [5, 5.41) is 32.8. The number of rotatable bonds is 8. The molecule has 0 atom stereocenters. The standard InChI is InChI=1S/C23H26N6O4S/c1-27-23(24-25-26-27)34-21-12-11-19(29(32)33)15-20(21)22(31)28(13-14-30)18-9-7-17(8-10-18)16-5-3-2-4-6-16/h7-12,15-16,30H,2-6,13-14H2,1H3. The molecule has 0 aliphatic heterocycles. The number of aryl methyl sites for hydroxylation is 1. The molecule has 0 unspecified atom stereocenters. The van der Waals surface area contributed by atoms with Gasteiger partial charge in [0.2, 0.25) is 5.16 Å². The van der Waals surface area contributed by atoms with Crippen LogP contribution in [0.2, 0.25) is 0 Å². The number of carbonyl (C=O) groups is 1. The fraction of sp³-hybridized carbons (Fsp3) is 0.391. The number of non-ortho nitro benzene ring substituents is 1. The first-order valence-corrected chi connectivity index (χ1v) is 12.0. The molecule has 0 radical (unpaired) electrons. The average Bonchev–Trinajstić information content (AvgIpc) is 3.27. The normalized spacial score (nSPS) is 14.2. The molecule has 10 nitrogen and oxygen atoms in total. The van der Waals surface area contributed by atoms with Crippen LogP contribution in [-0.2, 0) is 7.05 Å². The molecule has 0 saturated heterocycles. The van der Waals surface area contributed by atoms with Crippen LogP contribution in [0.25, 0.3) is 0 Å². The Kier molecular flexibility index (Phi) is 7.53. The van der Waals surface area contributed by atoms with Crippen molar-refractivity contribution in [3.8, 4) is 0 Å². The summed E-state index contributed by atoms with van der Waals surface area (Å²) in [5.41, 5.74) is 1.83. The SMILES string of the molecule is Cn1nnnc1Sc1ccc([N+](=O)[O-])cc1C(=O)N(CCO)c1ccc(C2CCCCC2)cc1. The third-order valence-corrected chi connectivity index (χ3v) is 7.14. The second kappa shape index (κ2) is 10.7. The van der Waals surface area contributed by atoms with E-state index in [-0.39, 0.29) is 24.4 Å². The lowest BCUT2D eigenvalue weighted by atomic mass is 9.84. The largest absolute Gasteiger partial charge is 0.395 e. The summed E-state index contributed by atoms with van der Waals surface area (Å²) in [5.74, 6) is 0.0883. The molecule has 1 saturated carbocycles. The molecule has 34 heavy (non-hydrogen) atoms. The van der Waals surface area contributed by atoms with Gasteiger partial charge >= 0.3 is 0 Å². The van der Waals surface area contributed by atoms with Crippen LogP contribution in [0, 0.1) is 10.1 Å². The van der Waals surface area contributed by atoms with Crippen molar-refractivity contribution in [1.29, 1.82) is 0 Å². The Hall–Kier alpha value is -3.31. The maximum atomic E-state index is 13.7. The monoisotopic (exact) mass is 482 g/mol. The van der Waals surface area contributed by atoms with E-state index in [2.05, 4.69) is 15.5 Å². The van der Waals surface area contributed by atoms with Crippen molar-refractivity contribution in [2.45, 2.75) is 48.1 Å². The summed E-state index contributed by atoms with van der Waals surface area (Å²) in [6, 6.07) is 12.0. The van der Waals surface area contributed by atoms with Gasteiger partial charge in [-0.15, -0.1) is 5.10 Å². The van der Waals surface area contributed by atoms with Crippen molar-refractivity contribution in [1.82, 2.24) is 20.2 Å². The summed E-state index contributed by atoms with van der Waals surface area (Å²) in [4.78, 5) is 26.5. The molecule has 3 aromatic rings. The molecule has 1 aromatic heterocycles. The third-order valence-electron chi connectivity index (χ3n) is 6.04. The number of carbonyl (C=O) groups excluding carboxylic acids is 1. The van der Waals surface area contributed by atoms with E-state index >= 15 is 0 Å². The summed E-state index contributed by atoms with van der Waals surface area (Å²) in [6.07, 6.45) is 6.08. The minimum atomic E-state index is -0.537. The fourth-order valence-corrected chi connectivity index (χ4v) is 5.08. The Morgan fingerprint density at radius 3 is 2.56 bits per heavy atom. The molecule has 1 aliphatic carbocycles. The van der Waals surface area contributed by atoms with E-state index in [0.717, 1.165) is 11.8 Å². The van der Waals surface area contributed by atoms with Crippen molar-refractivity contribution >= 4 is 29.0 Å². The van der Waals surface area contributed by atoms with Crippen LogP contribution in [0.3, 0.4) is 0 Å². The van der Waals surface area contributed by atoms with Gasteiger partial charge in [-0.1, -0.05) is 31.4 Å². The molecule has 1 amide bonds. The number of aliphatic hydroxyl groups excluding tert-OH is 1. The van der Waals surface area contributed by atoms with Gasteiger partial charge in [0.05, 0.1) is 17.1 Å². The zero-order valence-electron chi connectivity index (χ0n) is 18.8. The van der Waals surface area contributed by atoms with Gasteiger partial charge in [0.15, 0.2) is 0 Å². The lowest BCUT2D eigenvalue weighted by Crippen LogP contribution is -2.34. The molecule has 4 rings (SSSR count). The number of aliphatic hydroxyl groups is 1. The van der Waals surface area contributed by atoms with E-state index in [9.17, 15) is 20.0 Å². The number of aromatic nitrogens is 4. The van der Waals surface area contributed by atoms with Crippen molar-refractivity contribution in [2.75, 3.05) is 18.1 Å². The Morgan fingerprint density at radius 2 is 1.94 bits per heavy atom. The van der Waals surface area contributed by atoms with Crippen molar-refractivity contribution in [2.24, 2.45) is 7.05 Å². The number of nitro groups is 1. The van der Waals surface area contributed by atoms with Gasteiger partial charge in [-0.05, 0) is 64.7 Å². The van der Waals surface area contributed by atoms with Crippen LogP contribution in [0.4, 0.5) is 11.4 Å². The number of nitro benzene ring substituents is 1. The lowest BCUT2D eigenvalue weighted by molar-refractivity contribution is -0.384. The molecule has 11 heteroatoms. The summed E-state index contributed by atoms with van der Waals surface area (Å²) in [7, 11) is 1.67. The van der Waals surface area contributed by atoms with Gasteiger partial charge in [0.1, 0.15) is 0 Å². The number of benzene rings is 2. The first-order valence-electron chi connectivity index (χ1n) is 11.2. The van der Waals surface area contributed by atoms with Gasteiger partial charge in [-0.25, -0.2) is 4.68 Å². The Morgan fingerprint density at radius 1 is 1.21 bits per heavy atom. The number of anilines is 1. The van der Waals surface area contributed by atoms with E-state index in [1.807, 2.05) is 24.3 Å². The molecular weight excluding hydrogens is 456 g/mol. The molecule has 178 valence electrons. The summed E-state index contributed by atoms with van der Waals surface area (Å²) < 4.78 is 1.45. The number of nitrogens with zero attached hydrogens (tertiary/aromatic N) is 6. The molecule has 1 aliphatic rings. The second-order valence-corrected chi connectivity index (χ2v) is 9.24. The quantitative estimate of drug-likeness (QED) is 0.378. The maximum absolute atomic E-state index is 13.7. The predicted octanol–water partition coefficient (Wildman–Crippen LogP) is 3.96. The highest BCUT2D eigenvalue weighted by Crippen LogP contribution is 2.35. The van der Waals surface area contributed by atoms with E-state index in [4.69, 9.17) is 0 Å². The summed E-state index contributed by atoms with van der Waals surface area (Å²) in [6.45, 7) is -0.194. The highest BCUT2D eigenvalue weighted by Gasteiger charge is 2.25. The van der Waals surface area contributed by atoms with Crippen LogP contribution >= 0.6 is 11.8 Å². The highest BCUT2D eigenvalue weighted by atomic mass is 32.2. The first kappa shape index (κ1) is 23.8. The second-order valence-electron chi connectivity index (χ2n) is 8.23. The minimum absolute atomic E-state index is 0.0555. The van der Waals surface area contributed by atoms with Gasteiger partial charge in [0, 0.05) is 36.3 Å². The highest BCUT2D eigenvalue weighted by molar-refractivity contribution is 7.99. The van der Waals surface area contributed by atoms with Gasteiger partial charge < -0.3 is 10.0 Å². The zero-order chi connectivity index (χ0) is 24.1. The van der Waals surface area contributed by atoms with E-state index in [0.29, 0.717) is 21.7 Å². The van der Waals surface area contributed by atoms with Crippen molar-refractivity contribution < 1.29 is 14.8 Å². The van der Waals surface area contributed by atoms with Gasteiger partial charge in [-0.3, -0.25) is 14.9 Å². The van der Waals surface area contributed by atoms with Gasteiger partial charge in [-0.2, -0.15) is 0 Å². The average molecular weight is 483 g/mol. The first-order chi connectivity index (χ1) is 16.5. The number of amides is 1. The van der Waals surface area contributed by atoms with Crippen molar-refractivity contribution in [3.05, 3.63) is 63.7 Å². The van der Waals surface area contributed by atoms with E-state index in [1.165, 1.54) is 65.4 Å². The molecule has 0 spiro atoms. The topological polar surface area (TPSA) is 127 Å². The lowest BCUT2D eigenvalue weighted by Gasteiger charge is -2.25. The maximum Gasteiger partial charge on any atom is 0.270 e. The molecule has 1 fully saturated rings. The Labute approximate surface area is 201 Å². The Balaban J connectivity index is 1.67. The summed E-state index contributed by atoms with van der Waals surface area (Å²) >= 11 is 1.14. The van der Waals surface area contributed by atoms with Crippen LogP contribution in [0.15, 0.2) is 52.5 Å². The van der Waals surface area contributed by atoms with E-state index < -0.39 is 10.8 Å². The predicted molar refractivity (Wildman–Crippen MR) is 127 cm³/mol. The number of hydrogen-bond acceptors (Lipinski definition) is 8. The molecule has 0 bridgehead atoms. The van der Waals surface area contributed by atoms with Crippen LogP contribution in [0.1, 0.15) is 53.9 Å².